The second-order valence-corrected chi connectivity index (χ2v) is 5.58. The SMILES string of the molecule is CCNC(=O)c1cccc(-n2c(N)c3c(cc2=O)C(=O)NC3=O)c1C. The second-order valence-electron chi connectivity index (χ2n) is 5.58. The number of aromatic nitrogens is 1. The van der Waals surface area contributed by atoms with Crippen molar-refractivity contribution in [3.63, 3.8) is 0 Å². The van der Waals surface area contributed by atoms with Crippen molar-refractivity contribution in [2.24, 2.45) is 0 Å². The Labute approximate surface area is 142 Å². The van der Waals surface area contributed by atoms with Crippen molar-refractivity contribution in [1.82, 2.24) is 15.2 Å². The van der Waals surface area contributed by atoms with Crippen LogP contribution in [-0.4, -0.2) is 28.8 Å². The van der Waals surface area contributed by atoms with Gasteiger partial charge in [0, 0.05) is 18.2 Å². The third kappa shape index (κ3) is 2.47. The molecule has 8 heteroatoms. The van der Waals surface area contributed by atoms with Crippen molar-refractivity contribution in [2.45, 2.75) is 13.8 Å². The highest BCUT2D eigenvalue weighted by Crippen LogP contribution is 2.25. The first-order valence-electron chi connectivity index (χ1n) is 7.66. The fourth-order valence-electron chi connectivity index (χ4n) is 2.90. The van der Waals surface area contributed by atoms with E-state index in [1.807, 2.05) is 0 Å². The number of hydrogen-bond donors (Lipinski definition) is 3. The van der Waals surface area contributed by atoms with Crippen LogP contribution in [0.3, 0.4) is 0 Å². The van der Waals surface area contributed by atoms with E-state index in [0.29, 0.717) is 23.4 Å². The minimum absolute atomic E-state index is 0.0348. The number of pyridine rings is 1. The highest BCUT2D eigenvalue weighted by Gasteiger charge is 2.32. The van der Waals surface area contributed by atoms with Crippen LogP contribution in [-0.2, 0) is 0 Å². The largest absolute Gasteiger partial charge is 0.384 e. The van der Waals surface area contributed by atoms with Gasteiger partial charge in [-0.2, -0.15) is 0 Å². The van der Waals surface area contributed by atoms with Crippen LogP contribution in [0.4, 0.5) is 5.82 Å². The molecule has 0 spiro atoms. The molecule has 4 N–H and O–H groups in total. The number of hydrogen-bond acceptors (Lipinski definition) is 5. The molecule has 0 aliphatic carbocycles. The molecule has 1 aromatic heterocycles. The van der Waals surface area contributed by atoms with E-state index in [-0.39, 0.29) is 22.9 Å². The third-order valence-electron chi connectivity index (χ3n) is 4.08. The van der Waals surface area contributed by atoms with Crippen LogP contribution < -0.4 is 21.9 Å². The number of amides is 3. The Bertz CT molecular complexity index is 991. The summed E-state index contributed by atoms with van der Waals surface area (Å²) in [6, 6.07) is 5.95. The van der Waals surface area contributed by atoms with Gasteiger partial charge in [-0.3, -0.25) is 29.1 Å². The van der Waals surface area contributed by atoms with E-state index in [1.165, 1.54) is 0 Å². The summed E-state index contributed by atoms with van der Waals surface area (Å²) in [7, 11) is 0. The predicted octanol–water partition coefficient (Wildman–Crippen LogP) is 0.361. The van der Waals surface area contributed by atoms with E-state index in [4.69, 9.17) is 5.73 Å². The number of nitrogens with two attached hydrogens (primary N) is 1. The van der Waals surface area contributed by atoms with Gasteiger partial charge in [-0.25, -0.2) is 0 Å². The van der Waals surface area contributed by atoms with Gasteiger partial charge in [0.1, 0.15) is 5.82 Å². The van der Waals surface area contributed by atoms with Crippen molar-refractivity contribution in [1.29, 1.82) is 0 Å². The van der Waals surface area contributed by atoms with Crippen molar-refractivity contribution >= 4 is 23.5 Å². The van der Waals surface area contributed by atoms with E-state index in [1.54, 1.807) is 32.0 Å². The van der Waals surface area contributed by atoms with Crippen molar-refractivity contribution in [3.05, 3.63) is 56.9 Å². The summed E-state index contributed by atoms with van der Waals surface area (Å²) in [5, 5.41) is 4.81. The summed E-state index contributed by atoms with van der Waals surface area (Å²) >= 11 is 0. The molecule has 0 radical (unpaired) electrons. The molecule has 0 fully saturated rings. The Kier molecular flexibility index (Phi) is 3.88. The number of imide groups is 1. The molecule has 0 atom stereocenters. The number of nitrogens with zero attached hydrogens (tertiary/aromatic N) is 1. The average Bonchev–Trinajstić information content (AvgIpc) is 2.83. The molecule has 1 aliphatic heterocycles. The lowest BCUT2D eigenvalue weighted by atomic mass is 10.0. The summed E-state index contributed by atoms with van der Waals surface area (Å²) in [4.78, 5) is 48.3. The zero-order valence-electron chi connectivity index (χ0n) is 13.7. The highest BCUT2D eigenvalue weighted by atomic mass is 16.2. The molecule has 0 saturated carbocycles. The monoisotopic (exact) mass is 340 g/mol. The Morgan fingerprint density at radius 3 is 2.64 bits per heavy atom. The molecule has 128 valence electrons. The first-order valence-corrected chi connectivity index (χ1v) is 7.66. The predicted molar refractivity (Wildman–Crippen MR) is 91.0 cm³/mol. The van der Waals surface area contributed by atoms with Crippen molar-refractivity contribution < 1.29 is 14.4 Å². The highest BCUT2D eigenvalue weighted by molar-refractivity contribution is 6.23. The number of benzene rings is 1. The minimum atomic E-state index is -0.649. The van der Waals surface area contributed by atoms with Crippen LogP contribution in [0, 0.1) is 6.92 Å². The normalized spacial score (nSPS) is 12.7. The number of carbonyl (C=O) groups excluding carboxylic acids is 3. The molecular weight excluding hydrogens is 324 g/mol. The van der Waals surface area contributed by atoms with Gasteiger partial charge in [0.2, 0.25) is 0 Å². The smallest absolute Gasteiger partial charge is 0.262 e. The summed E-state index contributed by atoms with van der Waals surface area (Å²) < 4.78 is 1.13. The fourth-order valence-corrected chi connectivity index (χ4v) is 2.90. The van der Waals surface area contributed by atoms with Crippen molar-refractivity contribution in [2.75, 3.05) is 12.3 Å². The Morgan fingerprint density at radius 1 is 1.24 bits per heavy atom. The molecule has 2 heterocycles. The second kappa shape index (κ2) is 5.90. The van der Waals surface area contributed by atoms with Gasteiger partial charge in [0.25, 0.3) is 23.3 Å². The Morgan fingerprint density at radius 2 is 1.96 bits per heavy atom. The summed E-state index contributed by atoms with van der Waals surface area (Å²) in [5.41, 5.74) is 6.70. The molecule has 2 aromatic rings. The third-order valence-corrected chi connectivity index (χ3v) is 4.08. The van der Waals surface area contributed by atoms with E-state index in [0.717, 1.165) is 10.6 Å². The molecule has 3 amide bonds. The maximum absolute atomic E-state index is 12.5. The van der Waals surface area contributed by atoms with E-state index >= 15 is 0 Å². The number of nitrogens with one attached hydrogen (secondary N) is 2. The van der Waals surface area contributed by atoms with Crippen LogP contribution >= 0.6 is 0 Å². The zero-order valence-corrected chi connectivity index (χ0v) is 13.7. The fraction of sp³-hybridized carbons (Fsp3) is 0.176. The van der Waals surface area contributed by atoms with Gasteiger partial charge in [-0.05, 0) is 31.5 Å². The maximum atomic E-state index is 12.5. The summed E-state index contributed by atoms with van der Waals surface area (Å²) in [5.74, 6) is -1.71. The van der Waals surface area contributed by atoms with Crippen LogP contribution in [0.2, 0.25) is 0 Å². The molecule has 3 rings (SSSR count). The maximum Gasteiger partial charge on any atom is 0.262 e. The molecule has 8 nitrogen and oxygen atoms in total. The molecule has 1 aliphatic rings. The van der Waals surface area contributed by atoms with Gasteiger partial charge < -0.3 is 11.1 Å². The molecular formula is C17H16N4O4. The Hall–Kier alpha value is -3.42. The molecule has 25 heavy (non-hydrogen) atoms. The van der Waals surface area contributed by atoms with E-state index in [9.17, 15) is 19.2 Å². The molecule has 0 unspecified atom stereocenters. The van der Waals surface area contributed by atoms with Gasteiger partial charge in [-0.15, -0.1) is 0 Å². The molecule has 0 bridgehead atoms. The summed E-state index contributed by atoms with van der Waals surface area (Å²) in [6.45, 7) is 3.95. The lowest BCUT2D eigenvalue weighted by Crippen LogP contribution is -2.27. The van der Waals surface area contributed by atoms with Gasteiger partial charge >= 0.3 is 0 Å². The quantitative estimate of drug-likeness (QED) is 0.696. The lowest BCUT2D eigenvalue weighted by molar-refractivity contribution is 0.0878. The first kappa shape index (κ1) is 16.4. The van der Waals surface area contributed by atoms with Crippen molar-refractivity contribution in [3.8, 4) is 5.69 Å². The lowest BCUT2D eigenvalue weighted by Gasteiger charge is -2.16. The zero-order chi connectivity index (χ0) is 18.3. The number of carbonyl (C=O) groups is 3. The molecule has 0 saturated heterocycles. The average molecular weight is 340 g/mol. The number of anilines is 1. The van der Waals surface area contributed by atoms with Crippen LogP contribution in [0.25, 0.3) is 5.69 Å². The van der Waals surface area contributed by atoms with E-state index in [2.05, 4.69) is 10.6 Å². The van der Waals surface area contributed by atoms with Crippen LogP contribution in [0.15, 0.2) is 29.1 Å². The molecule has 1 aromatic carbocycles. The van der Waals surface area contributed by atoms with Gasteiger partial charge in [-0.1, -0.05) is 6.07 Å². The number of rotatable bonds is 3. The number of fused-ring (bicyclic) bond motifs is 1. The van der Waals surface area contributed by atoms with Gasteiger partial charge in [0.15, 0.2) is 0 Å². The summed E-state index contributed by atoms with van der Waals surface area (Å²) in [6.07, 6.45) is 0. The first-order chi connectivity index (χ1) is 11.9. The number of nitrogen functional groups attached to an aromatic ring is 1. The standard InChI is InChI=1S/C17H16N4O4/c1-3-19-15(23)9-5-4-6-11(8(9)2)21-12(22)7-10-13(14(21)18)17(25)20-16(10)24/h4-7H,3,18H2,1-2H3,(H,19,23)(H,20,24,25). The van der Waals surface area contributed by atoms with Gasteiger partial charge in [0.05, 0.1) is 16.8 Å². The van der Waals surface area contributed by atoms with E-state index < -0.39 is 17.4 Å². The van der Waals surface area contributed by atoms with Crippen LogP contribution in [0.1, 0.15) is 43.6 Å². The minimum Gasteiger partial charge on any atom is -0.384 e. The Balaban J connectivity index is 2.26. The van der Waals surface area contributed by atoms with Crippen LogP contribution in [0.5, 0.6) is 0 Å². The topological polar surface area (TPSA) is 123 Å².